The first-order chi connectivity index (χ1) is 6.64. The lowest BCUT2D eigenvalue weighted by Gasteiger charge is -2.29. The number of carboxylic acids is 1. The van der Waals surface area contributed by atoms with Crippen LogP contribution in [0.5, 0.6) is 0 Å². The van der Waals surface area contributed by atoms with Crippen molar-refractivity contribution in [3.05, 3.63) is 0 Å². The SMILES string of the molecule is CN(CC1(C(=O)O)CCCC1)C1CC1. The third-order valence-electron chi connectivity index (χ3n) is 3.74. The second-order valence-electron chi connectivity index (χ2n) is 4.94. The van der Waals surface area contributed by atoms with Gasteiger partial charge < -0.3 is 10.0 Å². The quantitative estimate of drug-likeness (QED) is 0.746. The van der Waals surface area contributed by atoms with E-state index in [9.17, 15) is 9.90 Å². The zero-order chi connectivity index (χ0) is 10.2. The monoisotopic (exact) mass is 197 g/mol. The summed E-state index contributed by atoms with van der Waals surface area (Å²) in [6.45, 7) is 0.757. The molecular weight excluding hydrogens is 178 g/mol. The van der Waals surface area contributed by atoms with E-state index in [0.29, 0.717) is 6.04 Å². The standard InChI is InChI=1S/C11H19NO2/c1-12(9-4-5-9)8-11(10(13)14)6-2-3-7-11/h9H,2-8H2,1H3,(H,13,14). The van der Waals surface area contributed by atoms with Crippen molar-refractivity contribution in [3.63, 3.8) is 0 Å². The summed E-state index contributed by atoms with van der Waals surface area (Å²) in [5.41, 5.74) is -0.419. The van der Waals surface area contributed by atoms with Gasteiger partial charge >= 0.3 is 5.97 Å². The maximum atomic E-state index is 11.3. The number of hydrogen-bond donors (Lipinski definition) is 1. The summed E-state index contributed by atoms with van der Waals surface area (Å²) in [7, 11) is 2.07. The van der Waals surface area contributed by atoms with E-state index in [1.54, 1.807) is 0 Å². The normalized spacial score (nSPS) is 25.6. The Morgan fingerprint density at radius 1 is 1.43 bits per heavy atom. The smallest absolute Gasteiger partial charge is 0.310 e. The molecule has 0 saturated heterocycles. The summed E-state index contributed by atoms with van der Waals surface area (Å²) in [5.74, 6) is -0.581. The highest BCUT2D eigenvalue weighted by atomic mass is 16.4. The van der Waals surface area contributed by atoms with Gasteiger partial charge in [0.1, 0.15) is 0 Å². The topological polar surface area (TPSA) is 40.5 Å². The molecule has 2 fully saturated rings. The van der Waals surface area contributed by atoms with Crippen LogP contribution in [0.1, 0.15) is 38.5 Å². The van der Waals surface area contributed by atoms with Crippen LogP contribution >= 0.6 is 0 Å². The third kappa shape index (κ3) is 1.78. The number of hydrogen-bond acceptors (Lipinski definition) is 2. The van der Waals surface area contributed by atoms with E-state index in [0.717, 1.165) is 32.2 Å². The highest BCUT2D eigenvalue weighted by molar-refractivity contribution is 5.75. The first kappa shape index (κ1) is 9.97. The summed E-state index contributed by atoms with van der Waals surface area (Å²) in [6.07, 6.45) is 6.44. The Balaban J connectivity index is 1.99. The molecule has 2 saturated carbocycles. The molecule has 1 N–H and O–H groups in total. The van der Waals surface area contributed by atoms with Gasteiger partial charge in [0.05, 0.1) is 5.41 Å². The molecule has 0 unspecified atom stereocenters. The molecule has 0 aliphatic heterocycles. The molecule has 2 aliphatic rings. The Morgan fingerprint density at radius 3 is 2.43 bits per heavy atom. The Kier molecular flexibility index (Phi) is 2.52. The maximum absolute atomic E-state index is 11.3. The van der Waals surface area contributed by atoms with E-state index in [1.165, 1.54) is 12.8 Å². The first-order valence-corrected chi connectivity index (χ1v) is 5.58. The van der Waals surface area contributed by atoms with Gasteiger partial charge in [-0.2, -0.15) is 0 Å². The minimum Gasteiger partial charge on any atom is -0.481 e. The van der Waals surface area contributed by atoms with E-state index in [-0.39, 0.29) is 0 Å². The van der Waals surface area contributed by atoms with Gasteiger partial charge in [0.25, 0.3) is 0 Å². The van der Waals surface area contributed by atoms with Crippen molar-refractivity contribution in [1.29, 1.82) is 0 Å². The molecule has 14 heavy (non-hydrogen) atoms. The zero-order valence-electron chi connectivity index (χ0n) is 8.83. The molecule has 0 atom stereocenters. The second kappa shape index (κ2) is 3.54. The lowest BCUT2D eigenvalue weighted by Crippen LogP contribution is -2.40. The first-order valence-electron chi connectivity index (χ1n) is 5.58. The van der Waals surface area contributed by atoms with Crippen molar-refractivity contribution in [2.75, 3.05) is 13.6 Å². The van der Waals surface area contributed by atoms with Gasteiger partial charge in [-0.15, -0.1) is 0 Å². The molecule has 0 aromatic carbocycles. The van der Waals surface area contributed by atoms with Crippen molar-refractivity contribution in [1.82, 2.24) is 4.90 Å². The zero-order valence-corrected chi connectivity index (χ0v) is 8.83. The van der Waals surface area contributed by atoms with E-state index in [4.69, 9.17) is 0 Å². The molecule has 80 valence electrons. The Hall–Kier alpha value is -0.570. The van der Waals surface area contributed by atoms with Crippen molar-refractivity contribution in [2.24, 2.45) is 5.41 Å². The maximum Gasteiger partial charge on any atom is 0.310 e. The Labute approximate surface area is 85.1 Å². The average Bonchev–Trinajstić information content (AvgIpc) is 2.88. The molecule has 0 heterocycles. The molecular formula is C11H19NO2. The molecule has 3 heteroatoms. The van der Waals surface area contributed by atoms with Crippen LogP contribution in [-0.2, 0) is 4.79 Å². The van der Waals surface area contributed by atoms with Gasteiger partial charge in [-0.05, 0) is 32.7 Å². The molecule has 0 radical (unpaired) electrons. The molecule has 0 aromatic rings. The van der Waals surface area contributed by atoms with Crippen molar-refractivity contribution >= 4 is 5.97 Å². The van der Waals surface area contributed by atoms with Gasteiger partial charge in [-0.3, -0.25) is 4.79 Å². The summed E-state index contributed by atoms with van der Waals surface area (Å²) in [5, 5.41) is 9.29. The minimum atomic E-state index is -0.581. The van der Waals surface area contributed by atoms with Gasteiger partial charge in [0, 0.05) is 12.6 Å². The van der Waals surface area contributed by atoms with Crippen LogP contribution in [0.15, 0.2) is 0 Å². The largest absolute Gasteiger partial charge is 0.481 e. The molecule has 0 spiro atoms. The molecule has 0 amide bonds. The van der Waals surface area contributed by atoms with Crippen LogP contribution in [0.4, 0.5) is 0 Å². The van der Waals surface area contributed by atoms with Crippen molar-refractivity contribution < 1.29 is 9.90 Å². The Morgan fingerprint density at radius 2 is 2.00 bits per heavy atom. The molecule has 0 aromatic heterocycles. The average molecular weight is 197 g/mol. The summed E-state index contributed by atoms with van der Waals surface area (Å²) >= 11 is 0. The van der Waals surface area contributed by atoms with E-state index in [2.05, 4.69) is 11.9 Å². The number of aliphatic carboxylic acids is 1. The fourth-order valence-electron chi connectivity index (χ4n) is 2.61. The second-order valence-corrected chi connectivity index (χ2v) is 4.94. The highest BCUT2D eigenvalue weighted by Gasteiger charge is 2.43. The lowest BCUT2D eigenvalue weighted by molar-refractivity contribution is -0.149. The van der Waals surface area contributed by atoms with Crippen LogP contribution in [0.2, 0.25) is 0 Å². The third-order valence-corrected chi connectivity index (χ3v) is 3.74. The van der Waals surface area contributed by atoms with E-state index >= 15 is 0 Å². The van der Waals surface area contributed by atoms with Gasteiger partial charge in [-0.25, -0.2) is 0 Å². The number of rotatable bonds is 4. The predicted molar refractivity (Wildman–Crippen MR) is 54.2 cm³/mol. The fraction of sp³-hybridized carbons (Fsp3) is 0.909. The van der Waals surface area contributed by atoms with E-state index < -0.39 is 11.4 Å². The Bertz CT molecular complexity index is 229. The van der Waals surface area contributed by atoms with E-state index in [1.807, 2.05) is 0 Å². The summed E-state index contributed by atoms with van der Waals surface area (Å²) in [6, 6.07) is 0.673. The van der Waals surface area contributed by atoms with Gasteiger partial charge in [0.2, 0.25) is 0 Å². The molecule has 2 rings (SSSR count). The van der Waals surface area contributed by atoms with Crippen LogP contribution in [0, 0.1) is 5.41 Å². The molecule has 3 nitrogen and oxygen atoms in total. The van der Waals surface area contributed by atoms with Gasteiger partial charge in [0.15, 0.2) is 0 Å². The van der Waals surface area contributed by atoms with Crippen molar-refractivity contribution in [3.8, 4) is 0 Å². The molecule has 0 bridgehead atoms. The number of carbonyl (C=O) groups is 1. The fourth-order valence-corrected chi connectivity index (χ4v) is 2.61. The van der Waals surface area contributed by atoms with Crippen LogP contribution in [0.3, 0.4) is 0 Å². The van der Waals surface area contributed by atoms with Crippen molar-refractivity contribution in [2.45, 2.75) is 44.6 Å². The minimum absolute atomic E-state index is 0.419. The number of carboxylic acid groups (broad SMARTS) is 1. The van der Waals surface area contributed by atoms with Crippen LogP contribution < -0.4 is 0 Å². The summed E-state index contributed by atoms with van der Waals surface area (Å²) in [4.78, 5) is 13.5. The number of nitrogens with zero attached hydrogens (tertiary/aromatic N) is 1. The summed E-state index contributed by atoms with van der Waals surface area (Å²) < 4.78 is 0. The lowest BCUT2D eigenvalue weighted by atomic mass is 9.86. The van der Waals surface area contributed by atoms with Crippen LogP contribution in [-0.4, -0.2) is 35.6 Å². The highest BCUT2D eigenvalue weighted by Crippen LogP contribution is 2.40. The van der Waals surface area contributed by atoms with Crippen LogP contribution in [0.25, 0.3) is 0 Å². The predicted octanol–water partition coefficient (Wildman–Crippen LogP) is 1.73. The molecule has 2 aliphatic carbocycles. The van der Waals surface area contributed by atoms with Gasteiger partial charge in [-0.1, -0.05) is 12.8 Å².